The minimum Gasteiger partial charge on any atom is -0.497 e. The molecule has 0 atom stereocenters. The Morgan fingerprint density at radius 1 is 1.04 bits per heavy atom. The molecule has 0 aliphatic heterocycles. The highest BCUT2D eigenvalue weighted by Gasteiger charge is 2.30. The average molecular weight is 341 g/mol. The lowest BCUT2D eigenvalue weighted by atomic mass is 9.94. The molecule has 4 rings (SSSR count). The zero-order valence-corrected chi connectivity index (χ0v) is 15.0. The average Bonchev–Trinajstić information content (AvgIpc) is 3.37. The summed E-state index contributed by atoms with van der Waals surface area (Å²) in [7, 11) is 1.67. The maximum atomic E-state index is 5.96. The zero-order chi connectivity index (χ0) is 17.1. The van der Waals surface area contributed by atoms with Crippen LogP contribution in [0, 0.1) is 5.92 Å². The van der Waals surface area contributed by atoms with Gasteiger partial charge in [0.15, 0.2) is 0 Å². The van der Waals surface area contributed by atoms with Crippen molar-refractivity contribution in [3.05, 3.63) is 30.2 Å². The van der Waals surface area contributed by atoms with Crippen LogP contribution in [0.4, 0.5) is 0 Å². The third kappa shape index (κ3) is 4.21. The molecule has 0 radical (unpaired) electrons. The first kappa shape index (κ1) is 16.6. The van der Waals surface area contributed by atoms with Gasteiger partial charge in [0, 0.05) is 18.2 Å². The Kier molecular flexibility index (Phi) is 5.02. The van der Waals surface area contributed by atoms with E-state index in [1.165, 1.54) is 51.5 Å². The summed E-state index contributed by atoms with van der Waals surface area (Å²) in [5, 5.41) is 8.56. The van der Waals surface area contributed by atoms with Gasteiger partial charge in [-0.25, -0.2) is 0 Å². The van der Waals surface area contributed by atoms with Crippen molar-refractivity contribution in [1.29, 1.82) is 0 Å². The lowest BCUT2D eigenvalue weighted by Gasteiger charge is -2.33. The Morgan fingerprint density at radius 3 is 2.48 bits per heavy atom. The first-order chi connectivity index (χ1) is 12.3. The fraction of sp³-hybridized carbons (Fsp3) is 0.600. The molecular formula is C20H27N3O2. The molecule has 5 heteroatoms. The van der Waals surface area contributed by atoms with Gasteiger partial charge in [0.1, 0.15) is 5.75 Å². The maximum absolute atomic E-state index is 5.96. The third-order valence-corrected chi connectivity index (χ3v) is 5.42. The molecule has 2 aliphatic carbocycles. The SMILES string of the molecule is COc1ccc(-c2nnc(CN(CC3CC3)C3CCCCC3)o2)cc1. The molecule has 0 bridgehead atoms. The summed E-state index contributed by atoms with van der Waals surface area (Å²) < 4.78 is 11.2. The quantitative estimate of drug-likeness (QED) is 0.752. The standard InChI is InChI=1S/C20H27N3O2/c1-24-18-11-9-16(10-12-18)20-22-21-19(25-20)14-23(13-15-7-8-15)17-5-3-2-4-6-17/h9-12,15,17H,2-8,13-14H2,1H3. The molecular weight excluding hydrogens is 314 g/mol. The van der Waals surface area contributed by atoms with E-state index in [1.807, 2.05) is 24.3 Å². The molecule has 0 N–H and O–H groups in total. The van der Waals surface area contributed by atoms with E-state index in [1.54, 1.807) is 7.11 Å². The van der Waals surface area contributed by atoms with Crippen molar-refractivity contribution in [2.75, 3.05) is 13.7 Å². The van der Waals surface area contributed by atoms with Crippen LogP contribution in [0.25, 0.3) is 11.5 Å². The van der Waals surface area contributed by atoms with Crippen molar-refractivity contribution in [2.45, 2.75) is 57.5 Å². The highest BCUT2D eigenvalue weighted by molar-refractivity contribution is 5.53. The molecule has 2 saturated carbocycles. The third-order valence-electron chi connectivity index (χ3n) is 5.42. The highest BCUT2D eigenvalue weighted by Crippen LogP contribution is 2.33. The number of ether oxygens (including phenoxy) is 1. The number of aromatic nitrogens is 2. The second-order valence-corrected chi connectivity index (χ2v) is 7.39. The van der Waals surface area contributed by atoms with Gasteiger partial charge in [-0.3, -0.25) is 4.90 Å². The Morgan fingerprint density at radius 2 is 1.80 bits per heavy atom. The van der Waals surface area contributed by atoms with E-state index in [2.05, 4.69) is 15.1 Å². The predicted octanol–water partition coefficient (Wildman–Crippen LogP) is 4.29. The van der Waals surface area contributed by atoms with Gasteiger partial charge in [-0.1, -0.05) is 19.3 Å². The summed E-state index contributed by atoms with van der Waals surface area (Å²) in [4.78, 5) is 2.60. The van der Waals surface area contributed by atoms with E-state index < -0.39 is 0 Å². The van der Waals surface area contributed by atoms with E-state index in [4.69, 9.17) is 9.15 Å². The highest BCUT2D eigenvalue weighted by atomic mass is 16.5. The number of methoxy groups -OCH3 is 1. The van der Waals surface area contributed by atoms with Crippen molar-refractivity contribution >= 4 is 0 Å². The van der Waals surface area contributed by atoms with E-state index in [0.717, 1.165) is 29.7 Å². The second kappa shape index (κ2) is 7.56. The van der Waals surface area contributed by atoms with Crippen molar-refractivity contribution in [3.8, 4) is 17.2 Å². The summed E-state index contributed by atoms with van der Waals surface area (Å²) in [6.45, 7) is 1.97. The van der Waals surface area contributed by atoms with Crippen molar-refractivity contribution in [3.63, 3.8) is 0 Å². The lowest BCUT2D eigenvalue weighted by molar-refractivity contribution is 0.130. The number of benzene rings is 1. The lowest BCUT2D eigenvalue weighted by Crippen LogP contribution is -2.37. The van der Waals surface area contributed by atoms with E-state index in [-0.39, 0.29) is 0 Å². The van der Waals surface area contributed by atoms with Crippen molar-refractivity contribution in [1.82, 2.24) is 15.1 Å². The minimum absolute atomic E-state index is 0.590. The van der Waals surface area contributed by atoms with Gasteiger partial charge in [0.2, 0.25) is 11.8 Å². The minimum atomic E-state index is 0.590. The van der Waals surface area contributed by atoms with E-state index >= 15 is 0 Å². The summed E-state index contributed by atoms with van der Waals surface area (Å²) in [5.41, 5.74) is 0.936. The molecule has 0 saturated heterocycles. The molecule has 25 heavy (non-hydrogen) atoms. The largest absolute Gasteiger partial charge is 0.497 e. The van der Waals surface area contributed by atoms with Crippen molar-refractivity contribution in [2.24, 2.45) is 5.92 Å². The van der Waals surface area contributed by atoms with Crippen LogP contribution < -0.4 is 4.74 Å². The predicted molar refractivity (Wildman–Crippen MR) is 96.3 cm³/mol. The summed E-state index contributed by atoms with van der Waals surface area (Å²) in [6, 6.07) is 8.44. The first-order valence-electron chi connectivity index (χ1n) is 9.52. The molecule has 1 aromatic carbocycles. The molecule has 5 nitrogen and oxygen atoms in total. The fourth-order valence-electron chi connectivity index (χ4n) is 3.76. The van der Waals surface area contributed by atoms with E-state index in [9.17, 15) is 0 Å². The van der Waals surface area contributed by atoms with Crippen LogP contribution in [0.15, 0.2) is 28.7 Å². The topological polar surface area (TPSA) is 51.4 Å². The van der Waals surface area contributed by atoms with Crippen LogP contribution in [0.2, 0.25) is 0 Å². The number of nitrogens with zero attached hydrogens (tertiary/aromatic N) is 3. The maximum Gasteiger partial charge on any atom is 0.247 e. The van der Waals surface area contributed by atoms with Gasteiger partial charge in [-0.2, -0.15) is 0 Å². The zero-order valence-electron chi connectivity index (χ0n) is 15.0. The molecule has 1 heterocycles. The van der Waals surface area contributed by atoms with Crippen LogP contribution in [0.1, 0.15) is 50.8 Å². The Hall–Kier alpha value is -1.88. The van der Waals surface area contributed by atoms with Crippen molar-refractivity contribution < 1.29 is 9.15 Å². The van der Waals surface area contributed by atoms with Gasteiger partial charge in [0.05, 0.1) is 13.7 Å². The van der Waals surface area contributed by atoms with Crippen LogP contribution in [-0.4, -0.2) is 34.8 Å². The van der Waals surface area contributed by atoms with E-state index in [0.29, 0.717) is 11.9 Å². The number of hydrogen-bond donors (Lipinski definition) is 0. The molecule has 2 aromatic rings. The summed E-state index contributed by atoms with van der Waals surface area (Å²) in [5.74, 6) is 3.03. The van der Waals surface area contributed by atoms with Gasteiger partial charge in [-0.05, 0) is 55.9 Å². The number of rotatable bonds is 7. The molecule has 0 unspecified atom stereocenters. The second-order valence-electron chi connectivity index (χ2n) is 7.39. The van der Waals surface area contributed by atoms with Crippen LogP contribution in [0.3, 0.4) is 0 Å². The Labute approximate surface area is 149 Å². The summed E-state index contributed by atoms with van der Waals surface area (Å²) in [6.07, 6.45) is 9.47. The van der Waals surface area contributed by atoms with Gasteiger partial charge < -0.3 is 9.15 Å². The van der Waals surface area contributed by atoms with Gasteiger partial charge in [0.25, 0.3) is 0 Å². The monoisotopic (exact) mass is 341 g/mol. The fourth-order valence-corrected chi connectivity index (χ4v) is 3.76. The Balaban J connectivity index is 1.45. The smallest absolute Gasteiger partial charge is 0.247 e. The molecule has 134 valence electrons. The molecule has 2 fully saturated rings. The van der Waals surface area contributed by atoms with Crippen LogP contribution in [0.5, 0.6) is 5.75 Å². The number of hydrogen-bond acceptors (Lipinski definition) is 5. The van der Waals surface area contributed by atoms with Crippen LogP contribution >= 0.6 is 0 Å². The van der Waals surface area contributed by atoms with Gasteiger partial charge in [-0.15, -0.1) is 10.2 Å². The normalized spacial score (nSPS) is 18.6. The summed E-state index contributed by atoms with van der Waals surface area (Å²) >= 11 is 0. The molecule has 2 aliphatic rings. The molecule has 0 amide bonds. The molecule has 1 aromatic heterocycles. The molecule has 0 spiro atoms. The Bertz CT molecular complexity index is 673. The first-order valence-corrected chi connectivity index (χ1v) is 9.52. The van der Waals surface area contributed by atoms with Crippen LogP contribution in [-0.2, 0) is 6.54 Å². The van der Waals surface area contributed by atoms with Gasteiger partial charge >= 0.3 is 0 Å².